The molecular weight excluding hydrogens is 318 g/mol. The van der Waals surface area contributed by atoms with Gasteiger partial charge in [0.15, 0.2) is 11.8 Å². The Morgan fingerprint density at radius 1 is 1.30 bits per heavy atom. The van der Waals surface area contributed by atoms with Crippen molar-refractivity contribution >= 4 is 35.2 Å². The SMILES string of the molecule is O=C(/C=C/c1c(Cl)nc2ccccn12)OCC(=O)N1CCCC1. The average molecular weight is 334 g/mol. The van der Waals surface area contributed by atoms with Crippen molar-refractivity contribution in [3.8, 4) is 0 Å². The molecule has 2 aromatic rings. The number of ether oxygens (including phenoxy) is 1. The van der Waals surface area contributed by atoms with E-state index in [2.05, 4.69) is 4.98 Å². The van der Waals surface area contributed by atoms with E-state index in [-0.39, 0.29) is 12.5 Å². The first-order valence-corrected chi connectivity index (χ1v) is 7.78. The molecule has 1 aliphatic heterocycles. The number of halogens is 1. The number of rotatable bonds is 4. The molecule has 0 spiro atoms. The molecule has 7 heteroatoms. The van der Waals surface area contributed by atoms with E-state index in [4.69, 9.17) is 16.3 Å². The predicted molar refractivity (Wildman–Crippen MR) is 86.0 cm³/mol. The number of carbonyl (C=O) groups excluding carboxylic acids is 2. The van der Waals surface area contributed by atoms with Gasteiger partial charge in [0.1, 0.15) is 5.65 Å². The Morgan fingerprint density at radius 3 is 2.87 bits per heavy atom. The van der Waals surface area contributed by atoms with Crippen LogP contribution < -0.4 is 0 Å². The third-order valence-electron chi connectivity index (χ3n) is 3.70. The maximum atomic E-state index is 11.8. The second-order valence-electron chi connectivity index (χ2n) is 5.25. The summed E-state index contributed by atoms with van der Waals surface area (Å²) in [5.74, 6) is -0.739. The van der Waals surface area contributed by atoms with E-state index in [1.807, 2.05) is 18.2 Å². The third kappa shape index (κ3) is 3.53. The Kier molecular flexibility index (Phi) is 4.62. The van der Waals surface area contributed by atoms with E-state index in [9.17, 15) is 9.59 Å². The zero-order valence-corrected chi connectivity index (χ0v) is 13.2. The number of amides is 1. The zero-order chi connectivity index (χ0) is 16.2. The molecule has 120 valence electrons. The molecule has 23 heavy (non-hydrogen) atoms. The minimum atomic E-state index is -0.584. The molecule has 6 nitrogen and oxygen atoms in total. The summed E-state index contributed by atoms with van der Waals surface area (Å²) in [6.07, 6.45) is 6.60. The molecule has 0 aromatic carbocycles. The van der Waals surface area contributed by atoms with Gasteiger partial charge in [0.25, 0.3) is 5.91 Å². The van der Waals surface area contributed by atoms with Crippen LogP contribution in [0.2, 0.25) is 5.15 Å². The normalized spacial score (nSPS) is 14.7. The van der Waals surface area contributed by atoms with Crippen molar-refractivity contribution in [3.05, 3.63) is 41.3 Å². The summed E-state index contributed by atoms with van der Waals surface area (Å²) in [5, 5.41) is 0.299. The van der Waals surface area contributed by atoms with Crippen LogP contribution in [0, 0.1) is 0 Å². The van der Waals surface area contributed by atoms with Crippen molar-refractivity contribution in [2.24, 2.45) is 0 Å². The number of aromatic nitrogens is 2. The summed E-state index contributed by atoms with van der Waals surface area (Å²) in [4.78, 5) is 29.4. The lowest BCUT2D eigenvalue weighted by molar-refractivity contribution is -0.147. The van der Waals surface area contributed by atoms with Crippen LogP contribution in [0.25, 0.3) is 11.7 Å². The fourth-order valence-electron chi connectivity index (χ4n) is 2.52. The first-order valence-electron chi connectivity index (χ1n) is 7.40. The quantitative estimate of drug-likeness (QED) is 0.635. The van der Waals surface area contributed by atoms with Crippen LogP contribution in [0.5, 0.6) is 0 Å². The number of hydrogen-bond acceptors (Lipinski definition) is 4. The van der Waals surface area contributed by atoms with Gasteiger partial charge < -0.3 is 9.64 Å². The Labute approximate surface area is 138 Å². The van der Waals surface area contributed by atoms with Gasteiger partial charge in [0.05, 0.1) is 5.69 Å². The van der Waals surface area contributed by atoms with Crippen molar-refractivity contribution in [1.82, 2.24) is 14.3 Å². The van der Waals surface area contributed by atoms with Crippen LogP contribution in [-0.4, -0.2) is 45.9 Å². The molecule has 0 N–H and O–H groups in total. The first kappa shape index (κ1) is 15.6. The minimum absolute atomic E-state index is 0.155. The minimum Gasteiger partial charge on any atom is -0.452 e. The van der Waals surface area contributed by atoms with Crippen LogP contribution in [0.1, 0.15) is 18.5 Å². The highest BCUT2D eigenvalue weighted by molar-refractivity contribution is 6.31. The lowest BCUT2D eigenvalue weighted by Crippen LogP contribution is -2.31. The summed E-state index contributed by atoms with van der Waals surface area (Å²) in [5.41, 5.74) is 1.28. The van der Waals surface area contributed by atoms with Gasteiger partial charge in [-0.15, -0.1) is 0 Å². The van der Waals surface area contributed by atoms with Crippen LogP contribution in [0.15, 0.2) is 30.5 Å². The zero-order valence-electron chi connectivity index (χ0n) is 12.4. The smallest absolute Gasteiger partial charge is 0.331 e. The van der Waals surface area contributed by atoms with Gasteiger partial charge in [-0.3, -0.25) is 9.20 Å². The molecule has 1 saturated heterocycles. The van der Waals surface area contributed by atoms with E-state index < -0.39 is 5.97 Å². The molecule has 1 aliphatic rings. The molecule has 0 unspecified atom stereocenters. The summed E-state index contributed by atoms with van der Waals surface area (Å²) < 4.78 is 6.74. The van der Waals surface area contributed by atoms with E-state index >= 15 is 0 Å². The monoisotopic (exact) mass is 333 g/mol. The lowest BCUT2D eigenvalue weighted by atomic mass is 10.4. The van der Waals surface area contributed by atoms with Crippen molar-refractivity contribution < 1.29 is 14.3 Å². The van der Waals surface area contributed by atoms with Crippen molar-refractivity contribution in [3.63, 3.8) is 0 Å². The van der Waals surface area contributed by atoms with E-state index in [0.29, 0.717) is 16.5 Å². The van der Waals surface area contributed by atoms with Crippen LogP contribution >= 0.6 is 11.6 Å². The van der Waals surface area contributed by atoms with Gasteiger partial charge in [-0.2, -0.15) is 0 Å². The topological polar surface area (TPSA) is 63.9 Å². The molecule has 1 fully saturated rings. The van der Waals surface area contributed by atoms with Crippen molar-refractivity contribution in [1.29, 1.82) is 0 Å². The molecular formula is C16H16ClN3O3. The number of nitrogens with zero attached hydrogens (tertiary/aromatic N) is 3. The highest BCUT2D eigenvalue weighted by Crippen LogP contribution is 2.18. The average Bonchev–Trinajstić information content (AvgIpc) is 3.18. The van der Waals surface area contributed by atoms with Gasteiger partial charge in [0.2, 0.25) is 0 Å². The molecule has 0 aliphatic carbocycles. The second-order valence-corrected chi connectivity index (χ2v) is 5.60. The van der Waals surface area contributed by atoms with Crippen molar-refractivity contribution in [2.45, 2.75) is 12.8 Å². The van der Waals surface area contributed by atoms with Gasteiger partial charge in [-0.05, 0) is 31.1 Å². The molecule has 0 bridgehead atoms. The number of esters is 1. The molecule has 0 saturated carbocycles. The molecule has 1 amide bonds. The molecule has 0 radical (unpaired) electrons. The molecule has 3 heterocycles. The van der Waals surface area contributed by atoms with E-state index in [1.165, 1.54) is 12.2 Å². The third-order valence-corrected chi connectivity index (χ3v) is 3.97. The number of imidazole rings is 1. The highest BCUT2D eigenvalue weighted by atomic mass is 35.5. The van der Waals surface area contributed by atoms with Gasteiger partial charge in [0, 0.05) is 25.4 Å². The Balaban J connectivity index is 1.61. The number of hydrogen-bond donors (Lipinski definition) is 0. The Bertz CT molecular complexity index is 763. The summed E-state index contributed by atoms with van der Waals surface area (Å²) >= 11 is 6.07. The summed E-state index contributed by atoms with van der Waals surface area (Å²) in [6, 6.07) is 5.51. The number of likely N-dealkylation sites (tertiary alicyclic amines) is 1. The number of pyridine rings is 1. The second kappa shape index (κ2) is 6.83. The van der Waals surface area contributed by atoms with Gasteiger partial charge in [-0.1, -0.05) is 17.7 Å². The van der Waals surface area contributed by atoms with E-state index in [0.717, 1.165) is 25.9 Å². The fourth-order valence-corrected chi connectivity index (χ4v) is 2.76. The largest absolute Gasteiger partial charge is 0.452 e. The maximum Gasteiger partial charge on any atom is 0.331 e. The highest BCUT2D eigenvalue weighted by Gasteiger charge is 2.18. The van der Waals surface area contributed by atoms with Crippen LogP contribution in [0.4, 0.5) is 0 Å². The van der Waals surface area contributed by atoms with Crippen molar-refractivity contribution in [2.75, 3.05) is 19.7 Å². The molecule has 3 rings (SSSR count). The first-order chi connectivity index (χ1) is 11.1. The van der Waals surface area contributed by atoms with E-state index in [1.54, 1.807) is 15.5 Å². The standard InChI is InChI=1S/C16H16ClN3O3/c17-16-12(20-10-2-1-5-13(20)18-16)6-7-15(22)23-11-14(21)19-8-3-4-9-19/h1-2,5-7,10H,3-4,8-9,11H2/b7-6+. The fraction of sp³-hybridized carbons (Fsp3) is 0.312. The summed E-state index contributed by atoms with van der Waals surface area (Å²) in [6.45, 7) is 1.25. The van der Waals surface area contributed by atoms with Crippen LogP contribution in [-0.2, 0) is 14.3 Å². The lowest BCUT2D eigenvalue weighted by Gasteiger charge is -2.14. The molecule has 2 aromatic heterocycles. The molecule has 0 atom stereocenters. The summed E-state index contributed by atoms with van der Waals surface area (Å²) in [7, 11) is 0. The maximum absolute atomic E-state index is 11.8. The van der Waals surface area contributed by atoms with Crippen LogP contribution in [0.3, 0.4) is 0 Å². The van der Waals surface area contributed by atoms with Gasteiger partial charge in [-0.25, -0.2) is 9.78 Å². The number of fused-ring (bicyclic) bond motifs is 1. The predicted octanol–water partition coefficient (Wildman–Crippen LogP) is 2.17. The van der Waals surface area contributed by atoms with Gasteiger partial charge >= 0.3 is 5.97 Å². The Hall–Kier alpha value is -2.34. The Morgan fingerprint density at radius 2 is 2.09 bits per heavy atom. The number of carbonyl (C=O) groups is 2.